The van der Waals surface area contributed by atoms with Crippen molar-refractivity contribution in [2.75, 3.05) is 0 Å². The molecule has 0 radical (unpaired) electrons. The molecule has 20 heavy (non-hydrogen) atoms. The van der Waals surface area contributed by atoms with Gasteiger partial charge in [0.25, 0.3) is 0 Å². The molecule has 2 aromatic carbocycles. The molecule has 2 N–H and O–H groups in total. The average Bonchev–Trinajstić information content (AvgIpc) is 2.76. The minimum absolute atomic E-state index is 0.442. The topological polar surface area (TPSA) is 66.8 Å². The van der Waals surface area contributed by atoms with Crippen molar-refractivity contribution in [3.05, 3.63) is 71.7 Å². The highest BCUT2D eigenvalue weighted by Crippen LogP contribution is 2.33. The van der Waals surface area contributed by atoms with Crippen LogP contribution in [-0.2, 0) is 9.53 Å². The molecule has 0 amide bonds. The van der Waals surface area contributed by atoms with Crippen molar-refractivity contribution in [1.82, 2.24) is 0 Å². The summed E-state index contributed by atoms with van der Waals surface area (Å²) in [6, 6.07) is 17.1. The SMILES string of the molecule is O=C1O[C@H](c2ccc(-c3ccccc3)cc2)C(O)=C1O. The second kappa shape index (κ2) is 4.74. The van der Waals surface area contributed by atoms with Gasteiger partial charge in [0, 0.05) is 5.56 Å². The zero-order valence-corrected chi connectivity index (χ0v) is 10.5. The van der Waals surface area contributed by atoms with E-state index in [1.165, 1.54) is 0 Å². The van der Waals surface area contributed by atoms with E-state index in [0.29, 0.717) is 5.56 Å². The lowest BCUT2D eigenvalue weighted by Gasteiger charge is -2.11. The third-order valence-corrected chi connectivity index (χ3v) is 3.23. The third kappa shape index (κ3) is 2.01. The minimum Gasteiger partial charge on any atom is -0.505 e. The predicted octanol–water partition coefficient (Wildman–Crippen LogP) is 3.28. The fourth-order valence-electron chi connectivity index (χ4n) is 2.15. The molecule has 0 saturated heterocycles. The van der Waals surface area contributed by atoms with E-state index < -0.39 is 23.6 Å². The molecule has 1 atom stereocenters. The molecule has 4 heteroatoms. The average molecular weight is 268 g/mol. The molecular formula is C16H12O4. The molecular weight excluding hydrogens is 256 g/mol. The summed E-state index contributed by atoms with van der Waals surface area (Å²) in [5.74, 6) is -2.07. The highest BCUT2D eigenvalue weighted by Gasteiger charge is 2.35. The highest BCUT2D eigenvalue weighted by atomic mass is 16.6. The molecule has 3 rings (SSSR count). The Bertz CT molecular complexity index is 671. The number of esters is 1. The second-order valence-electron chi connectivity index (χ2n) is 4.51. The summed E-state index contributed by atoms with van der Waals surface area (Å²) in [6.07, 6.45) is -0.924. The van der Waals surface area contributed by atoms with Crippen molar-refractivity contribution in [2.45, 2.75) is 6.10 Å². The first-order chi connectivity index (χ1) is 9.66. The molecule has 1 heterocycles. The fourth-order valence-corrected chi connectivity index (χ4v) is 2.15. The lowest BCUT2D eigenvalue weighted by atomic mass is 10.0. The van der Waals surface area contributed by atoms with Crippen molar-refractivity contribution < 1.29 is 19.7 Å². The van der Waals surface area contributed by atoms with Crippen LogP contribution in [0.4, 0.5) is 0 Å². The number of aliphatic hydroxyl groups is 2. The van der Waals surface area contributed by atoms with E-state index in [2.05, 4.69) is 0 Å². The number of ether oxygens (including phenoxy) is 1. The lowest BCUT2D eigenvalue weighted by molar-refractivity contribution is -0.142. The first kappa shape index (κ1) is 12.3. The van der Waals surface area contributed by atoms with Gasteiger partial charge >= 0.3 is 5.97 Å². The minimum atomic E-state index is -0.924. The predicted molar refractivity (Wildman–Crippen MR) is 73.0 cm³/mol. The van der Waals surface area contributed by atoms with Crippen molar-refractivity contribution in [1.29, 1.82) is 0 Å². The summed E-state index contributed by atoms with van der Waals surface area (Å²) in [4.78, 5) is 11.2. The normalized spacial score (nSPS) is 18.2. The van der Waals surface area contributed by atoms with E-state index in [4.69, 9.17) is 4.74 Å². The van der Waals surface area contributed by atoms with Gasteiger partial charge in [0.2, 0.25) is 5.76 Å². The van der Waals surface area contributed by atoms with E-state index >= 15 is 0 Å². The van der Waals surface area contributed by atoms with Gasteiger partial charge in [-0.2, -0.15) is 0 Å². The number of rotatable bonds is 2. The molecule has 0 aromatic heterocycles. The Morgan fingerprint density at radius 1 is 0.850 bits per heavy atom. The van der Waals surface area contributed by atoms with Crippen LogP contribution in [0.3, 0.4) is 0 Å². The summed E-state index contributed by atoms with van der Waals surface area (Å²) < 4.78 is 4.90. The molecule has 4 nitrogen and oxygen atoms in total. The van der Waals surface area contributed by atoms with Gasteiger partial charge in [0.05, 0.1) is 0 Å². The summed E-state index contributed by atoms with van der Waals surface area (Å²) >= 11 is 0. The molecule has 0 unspecified atom stereocenters. The maximum Gasteiger partial charge on any atom is 0.378 e. The van der Waals surface area contributed by atoms with E-state index in [-0.39, 0.29) is 0 Å². The Morgan fingerprint density at radius 3 is 2.00 bits per heavy atom. The van der Waals surface area contributed by atoms with Gasteiger partial charge < -0.3 is 14.9 Å². The Hall–Kier alpha value is -2.75. The van der Waals surface area contributed by atoms with Crippen LogP contribution in [0.15, 0.2) is 66.1 Å². The number of cyclic esters (lactones) is 1. The molecule has 0 fully saturated rings. The van der Waals surface area contributed by atoms with Gasteiger partial charge in [-0.1, -0.05) is 54.6 Å². The van der Waals surface area contributed by atoms with Crippen LogP contribution < -0.4 is 0 Å². The van der Waals surface area contributed by atoms with Gasteiger partial charge in [-0.3, -0.25) is 0 Å². The van der Waals surface area contributed by atoms with Crippen LogP contribution in [0.5, 0.6) is 0 Å². The van der Waals surface area contributed by atoms with E-state index in [9.17, 15) is 15.0 Å². The molecule has 100 valence electrons. The maximum atomic E-state index is 11.2. The monoisotopic (exact) mass is 268 g/mol. The van der Waals surface area contributed by atoms with Crippen molar-refractivity contribution in [3.8, 4) is 11.1 Å². The fraction of sp³-hybridized carbons (Fsp3) is 0.0625. The Balaban J connectivity index is 1.90. The van der Waals surface area contributed by atoms with Crippen LogP contribution in [0.25, 0.3) is 11.1 Å². The Labute approximate surface area is 115 Å². The van der Waals surface area contributed by atoms with Crippen molar-refractivity contribution in [3.63, 3.8) is 0 Å². The summed E-state index contributed by atoms with van der Waals surface area (Å²) in [6.45, 7) is 0. The Kier molecular flexibility index (Phi) is 2.91. The van der Waals surface area contributed by atoms with Crippen LogP contribution >= 0.6 is 0 Å². The molecule has 0 spiro atoms. The van der Waals surface area contributed by atoms with Gasteiger partial charge in [-0.25, -0.2) is 4.79 Å². The summed E-state index contributed by atoms with van der Waals surface area (Å²) in [5, 5.41) is 18.9. The molecule has 1 aliphatic rings. The number of benzene rings is 2. The van der Waals surface area contributed by atoms with E-state index in [1.54, 1.807) is 12.1 Å². The van der Waals surface area contributed by atoms with Gasteiger partial charge in [0.1, 0.15) is 0 Å². The Morgan fingerprint density at radius 2 is 1.45 bits per heavy atom. The van der Waals surface area contributed by atoms with Crippen LogP contribution in [0, 0.1) is 0 Å². The van der Waals surface area contributed by atoms with Gasteiger partial charge in [0.15, 0.2) is 11.9 Å². The van der Waals surface area contributed by atoms with Crippen LogP contribution in [0.1, 0.15) is 11.7 Å². The van der Waals surface area contributed by atoms with Crippen LogP contribution in [-0.4, -0.2) is 16.2 Å². The number of carbonyl (C=O) groups excluding carboxylic acids is 1. The quantitative estimate of drug-likeness (QED) is 0.820. The molecule has 1 aliphatic heterocycles. The highest BCUT2D eigenvalue weighted by molar-refractivity contribution is 5.89. The zero-order chi connectivity index (χ0) is 14.1. The largest absolute Gasteiger partial charge is 0.505 e. The standard InChI is InChI=1S/C16H12O4/c17-13-14(18)16(19)20-15(13)12-8-6-11(7-9-12)10-4-2-1-3-5-10/h1-9,15,17-18H/t15-/m1/s1. The number of hydrogen-bond donors (Lipinski definition) is 2. The molecule has 0 aliphatic carbocycles. The summed E-state index contributed by atoms with van der Waals surface area (Å²) in [7, 11) is 0. The lowest BCUT2D eigenvalue weighted by Crippen LogP contribution is -2.03. The number of hydrogen-bond acceptors (Lipinski definition) is 4. The van der Waals surface area contributed by atoms with E-state index in [1.807, 2.05) is 42.5 Å². The number of aliphatic hydroxyl groups excluding tert-OH is 2. The third-order valence-electron chi connectivity index (χ3n) is 3.23. The maximum absolute atomic E-state index is 11.2. The van der Waals surface area contributed by atoms with E-state index in [0.717, 1.165) is 11.1 Å². The number of carbonyl (C=O) groups is 1. The molecule has 0 bridgehead atoms. The smallest absolute Gasteiger partial charge is 0.378 e. The van der Waals surface area contributed by atoms with Crippen molar-refractivity contribution >= 4 is 5.97 Å². The van der Waals surface area contributed by atoms with Gasteiger partial charge in [-0.15, -0.1) is 0 Å². The van der Waals surface area contributed by atoms with Crippen molar-refractivity contribution in [2.24, 2.45) is 0 Å². The van der Waals surface area contributed by atoms with Gasteiger partial charge in [-0.05, 0) is 11.1 Å². The first-order valence-corrected chi connectivity index (χ1v) is 6.15. The van der Waals surface area contributed by atoms with Crippen LogP contribution in [0.2, 0.25) is 0 Å². The zero-order valence-electron chi connectivity index (χ0n) is 10.5. The first-order valence-electron chi connectivity index (χ1n) is 6.15. The second-order valence-corrected chi connectivity index (χ2v) is 4.51. The molecule has 0 saturated carbocycles. The summed E-state index contributed by atoms with van der Waals surface area (Å²) in [5.41, 5.74) is 2.70. The molecule has 2 aromatic rings.